The molecule has 0 saturated carbocycles. The van der Waals surface area contributed by atoms with E-state index in [-0.39, 0.29) is 64.8 Å². The lowest BCUT2D eigenvalue weighted by Crippen LogP contribution is -2.49. The summed E-state index contributed by atoms with van der Waals surface area (Å²) in [4.78, 5) is 125. The monoisotopic (exact) mass is 1290 g/mol. The quantitative estimate of drug-likeness (QED) is 0.0163. The van der Waals surface area contributed by atoms with Gasteiger partial charge in [-0.25, -0.2) is 0 Å². The van der Waals surface area contributed by atoms with Gasteiger partial charge in [0.25, 0.3) is 0 Å². The first kappa shape index (κ1) is 77.0. The van der Waals surface area contributed by atoms with Crippen molar-refractivity contribution in [3.63, 3.8) is 0 Å². The third-order valence-electron chi connectivity index (χ3n) is 14.2. The van der Waals surface area contributed by atoms with Gasteiger partial charge in [0.1, 0.15) is 31.2 Å². The van der Waals surface area contributed by atoms with Crippen LogP contribution in [0.25, 0.3) is 0 Å². The maximum Gasteiger partial charge on any atom is 0.308 e. The molecule has 504 valence electrons. The van der Waals surface area contributed by atoms with Crippen LogP contribution in [0.3, 0.4) is 0 Å². The van der Waals surface area contributed by atoms with Crippen molar-refractivity contribution in [2.24, 2.45) is 17.6 Å². The third kappa shape index (κ3) is 33.6. The molecule has 0 aliphatic carbocycles. The Balaban J connectivity index is 0.00000215. The topological polar surface area (TPSA) is 290 Å². The molecule has 0 bridgehead atoms. The van der Waals surface area contributed by atoms with E-state index >= 15 is 4.79 Å². The zero-order valence-corrected chi connectivity index (χ0v) is 54.6. The molecule has 0 fully saturated rings. The molecular weight excluding hydrogens is 1190 g/mol. The Labute approximate surface area is 546 Å². The molecule has 0 aromatic heterocycles. The second kappa shape index (κ2) is 44.1. The van der Waals surface area contributed by atoms with Gasteiger partial charge in [0.15, 0.2) is 17.3 Å². The van der Waals surface area contributed by atoms with Gasteiger partial charge in [-0.05, 0) is 92.8 Å². The maximum absolute atomic E-state index is 15.1. The molecule has 93 heavy (non-hydrogen) atoms. The van der Waals surface area contributed by atoms with Crippen LogP contribution in [0.4, 0.5) is 0 Å². The number of ether oxygens (including phenoxy) is 8. The van der Waals surface area contributed by atoms with E-state index in [4.69, 9.17) is 43.6 Å². The van der Waals surface area contributed by atoms with E-state index in [1.165, 1.54) is 14.0 Å². The van der Waals surface area contributed by atoms with Crippen LogP contribution in [0.1, 0.15) is 113 Å². The Hall–Kier alpha value is -8.47. The molecule has 5 aromatic carbocycles. The number of esters is 3. The highest BCUT2D eigenvalue weighted by molar-refractivity contribution is 5.97. The zero-order valence-electron chi connectivity index (χ0n) is 54.6. The van der Waals surface area contributed by atoms with Crippen molar-refractivity contribution in [2.75, 3.05) is 60.4 Å². The number of ketones is 3. The average Bonchev–Trinajstić information content (AvgIpc) is 1.32. The van der Waals surface area contributed by atoms with Crippen LogP contribution in [-0.4, -0.2) is 137 Å². The molecule has 21 heteroatoms. The Bertz CT molecular complexity index is 3010. The lowest BCUT2D eigenvalue weighted by molar-refractivity contribution is -0.156. The Morgan fingerprint density at radius 2 is 0.903 bits per heavy atom. The summed E-state index contributed by atoms with van der Waals surface area (Å²) in [5, 5.41) is 8.25. The summed E-state index contributed by atoms with van der Waals surface area (Å²) >= 11 is 0. The number of Topliss-reactive ketones (excluding diaryl/α,β-unsaturated/α-hetero) is 3. The van der Waals surface area contributed by atoms with Crippen LogP contribution >= 0.6 is 0 Å². The SMILES string of the molecule is COCCOCCCC(=O)[C@@H](CCC(=O)OCc1ccccc1)NC(=O)[C@H](CCC(=O)OCc1ccccc1)CC(=O)[C@@H](Cc1ccccc1)NC(=O)[C@@H](CC(=O)[C@H](CC(=O)OC(C)(C)C)NC(C)=O)Cc1ccc(OCc2ccccc2)cc1.COCCOCCN. The molecule has 3 amide bonds. The smallest absolute Gasteiger partial charge is 0.308 e. The first-order chi connectivity index (χ1) is 44.7. The largest absolute Gasteiger partial charge is 0.489 e. The Kier molecular flexibility index (Phi) is 36.5. The number of amides is 3. The normalized spacial score (nSPS) is 12.6. The van der Waals surface area contributed by atoms with Crippen LogP contribution < -0.4 is 26.4 Å². The lowest BCUT2D eigenvalue weighted by atomic mass is 9.88. The summed E-state index contributed by atoms with van der Waals surface area (Å²) < 4.78 is 42.9. The molecule has 5 N–H and O–H groups in total. The first-order valence-corrected chi connectivity index (χ1v) is 31.5. The van der Waals surface area contributed by atoms with Gasteiger partial charge in [-0.3, -0.25) is 43.2 Å². The van der Waals surface area contributed by atoms with Crippen molar-refractivity contribution in [1.29, 1.82) is 0 Å². The van der Waals surface area contributed by atoms with Crippen molar-refractivity contribution in [3.05, 3.63) is 173 Å². The zero-order chi connectivity index (χ0) is 67.6. The van der Waals surface area contributed by atoms with Crippen LogP contribution in [0.15, 0.2) is 146 Å². The molecule has 0 unspecified atom stereocenters. The van der Waals surface area contributed by atoms with E-state index in [2.05, 4.69) is 16.0 Å². The minimum Gasteiger partial charge on any atom is -0.489 e. The summed E-state index contributed by atoms with van der Waals surface area (Å²) in [6.07, 6.45) is -2.25. The third-order valence-corrected chi connectivity index (χ3v) is 14.2. The van der Waals surface area contributed by atoms with Gasteiger partial charge < -0.3 is 59.6 Å². The minimum atomic E-state index is -1.36. The predicted molar refractivity (Wildman–Crippen MR) is 349 cm³/mol. The van der Waals surface area contributed by atoms with Crippen LogP contribution in [-0.2, 0) is 109 Å². The van der Waals surface area contributed by atoms with Crippen molar-refractivity contribution >= 4 is 53.0 Å². The Morgan fingerprint density at radius 1 is 0.441 bits per heavy atom. The van der Waals surface area contributed by atoms with Crippen molar-refractivity contribution in [3.8, 4) is 5.75 Å². The predicted octanol–water partition coefficient (Wildman–Crippen LogP) is 8.08. The van der Waals surface area contributed by atoms with Gasteiger partial charge in [0.2, 0.25) is 17.7 Å². The summed E-state index contributed by atoms with van der Waals surface area (Å²) in [6, 6.07) is 39.5. The molecule has 5 rings (SSSR count). The van der Waals surface area contributed by atoms with E-state index < -0.39 is 108 Å². The Morgan fingerprint density at radius 3 is 1.42 bits per heavy atom. The van der Waals surface area contributed by atoms with Gasteiger partial charge in [-0.2, -0.15) is 0 Å². The number of carbonyl (C=O) groups is 9. The number of carbonyl (C=O) groups excluding carboxylic acids is 9. The van der Waals surface area contributed by atoms with Gasteiger partial charge in [0.05, 0.1) is 57.6 Å². The average molecular weight is 1290 g/mol. The van der Waals surface area contributed by atoms with Crippen LogP contribution in [0.2, 0.25) is 0 Å². The second-order valence-electron chi connectivity index (χ2n) is 23.2. The number of rotatable bonds is 43. The summed E-state index contributed by atoms with van der Waals surface area (Å²) in [7, 11) is 3.18. The number of benzene rings is 5. The summed E-state index contributed by atoms with van der Waals surface area (Å²) in [6.45, 7) is 9.85. The molecule has 21 nitrogen and oxygen atoms in total. The van der Waals surface area contributed by atoms with E-state index in [9.17, 15) is 38.4 Å². The molecule has 0 spiro atoms. The molecule has 5 aromatic rings. The van der Waals surface area contributed by atoms with E-state index in [1.807, 2.05) is 54.6 Å². The van der Waals surface area contributed by atoms with Gasteiger partial charge >= 0.3 is 17.9 Å². The molecular formula is C72H94N4O17. The molecule has 0 heterocycles. The fourth-order valence-electron chi connectivity index (χ4n) is 9.40. The highest BCUT2D eigenvalue weighted by atomic mass is 16.6. The van der Waals surface area contributed by atoms with Gasteiger partial charge in [-0.1, -0.05) is 133 Å². The highest BCUT2D eigenvalue weighted by Gasteiger charge is 2.35. The fraction of sp³-hybridized carbons (Fsp3) is 0.458. The van der Waals surface area contributed by atoms with Crippen molar-refractivity contribution in [2.45, 2.75) is 142 Å². The second-order valence-corrected chi connectivity index (χ2v) is 23.2. The number of hydrogen-bond donors (Lipinski definition) is 4. The van der Waals surface area contributed by atoms with E-state index in [0.29, 0.717) is 69.5 Å². The number of nitrogens with one attached hydrogen (secondary N) is 3. The molecule has 0 radical (unpaired) electrons. The van der Waals surface area contributed by atoms with Crippen LogP contribution in [0.5, 0.6) is 5.75 Å². The van der Waals surface area contributed by atoms with E-state index in [0.717, 1.165) is 16.7 Å². The van der Waals surface area contributed by atoms with Gasteiger partial charge in [-0.15, -0.1) is 0 Å². The summed E-state index contributed by atoms with van der Waals surface area (Å²) in [5.41, 5.74) is 7.95. The fourth-order valence-corrected chi connectivity index (χ4v) is 9.40. The summed E-state index contributed by atoms with van der Waals surface area (Å²) in [5.74, 6) is -7.62. The minimum absolute atomic E-state index is 0.00442. The number of nitrogens with two attached hydrogens (primary N) is 1. The number of hydrogen-bond acceptors (Lipinski definition) is 18. The van der Waals surface area contributed by atoms with Gasteiger partial charge in [0, 0.05) is 78.2 Å². The molecule has 5 atom stereocenters. The molecule has 0 aliphatic rings. The van der Waals surface area contributed by atoms with Crippen LogP contribution in [0, 0.1) is 11.8 Å². The van der Waals surface area contributed by atoms with E-state index in [1.54, 1.807) is 119 Å². The van der Waals surface area contributed by atoms with Crippen molar-refractivity contribution < 1.29 is 81.0 Å². The number of methoxy groups -OCH3 is 2. The first-order valence-electron chi connectivity index (χ1n) is 31.5. The maximum atomic E-state index is 15.1. The molecule has 0 saturated heterocycles. The highest BCUT2D eigenvalue weighted by Crippen LogP contribution is 2.23. The van der Waals surface area contributed by atoms with Crippen molar-refractivity contribution in [1.82, 2.24) is 16.0 Å². The molecule has 0 aliphatic heterocycles. The lowest BCUT2D eigenvalue weighted by Gasteiger charge is -2.26. The standard InChI is InChI=1S/C67H81N3O15.C5H13NO2/c1-47(71)68-58(43-64(77)85-67(2,3)4)61(74)42-54(39-49-28-31-55(32-29-49)82-44-50-21-12-7-13-22-50)66(79)70-57(40-48-19-10-6-11-20-48)60(73)41-53(30-34-62(75)83-45-51-23-14-8-15-24-51)65(78)69-56(59(72)27-18-36-81-38-37-80-5)33-35-63(76)84-46-52-25-16-9-17-26-52;1-7-4-5-8-3-2-6/h6-17,19-26,28-29,31-32,53-54,56-58H,18,27,30,33-46H2,1-5H3,(H,68,71)(H,69,78)(H,70,79);2-6H2,1H3/t53-,54-,56-,57-,58+;/m1./s1.